The molecule has 1 aromatic carbocycles. The van der Waals surface area contributed by atoms with Crippen molar-refractivity contribution < 1.29 is 0 Å². The number of hydrogen-bond acceptors (Lipinski definition) is 2. The van der Waals surface area contributed by atoms with Crippen LogP contribution in [-0.2, 0) is 13.0 Å². The first-order valence-corrected chi connectivity index (χ1v) is 9.42. The fourth-order valence-electron chi connectivity index (χ4n) is 3.29. The number of hydrogen-bond donors (Lipinski definition) is 2. The standard InChI is InChI=1S/C20H32N4.HI/c1-4-21-19(22-13-16-9-10-16)23-15-20(2,3)24-12-11-17-7-5-6-8-18(17)14-24;/h5-8,16H,4,9-15H2,1-3H3,(H2,21,22,23);1H. The molecule has 2 N–H and O–H groups in total. The first-order chi connectivity index (χ1) is 11.6. The fourth-order valence-corrected chi connectivity index (χ4v) is 3.29. The summed E-state index contributed by atoms with van der Waals surface area (Å²) in [6.45, 7) is 11.7. The molecule has 0 bridgehead atoms. The average molecular weight is 456 g/mol. The second-order valence-corrected chi connectivity index (χ2v) is 7.77. The molecule has 1 saturated carbocycles. The van der Waals surface area contributed by atoms with Crippen molar-refractivity contribution in [2.24, 2.45) is 10.9 Å². The van der Waals surface area contributed by atoms with E-state index < -0.39 is 0 Å². The highest BCUT2D eigenvalue weighted by Crippen LogP contribution is 2.27. The molecule has 25 heavy (non-hydrogen) atoms. The number of halogens is 1. The van der Waals surface area contributed by atoms with E-state index in [-0.39, 0.29) is 29.5 Å². The summed E-state index contributed by atoms with van der Waals surface area (Å²) >= 11 is 0. The van der Waals surface area contributed by atoms with Crippen LogP contribution in [0.4, 0.5) is 0 Å². The maximum atomic E-state index is 4.87. The SMILES string of the molecule is CCNC(=NCC(C)(C)N1CCc2ccccc2C1)NCC1CC1.I. The Morgan fingerprint density at radius 1 is 1.20 bits per heavy atom. The topological polar surface area (TPSA) is 39.7 Å². The van der Waals surface area contributed by atoms with E-state index in [4.69, 9.17) is 4.99 Å². The molecule has 0 amide bonds. The van der Waals surface area contributed by atoms with Gasteiger partial charge in [-0.15, -0.1) is 24.0 Å². The number of rotatable bonds is 6. The summed E-state index contributed by atoms with van der Waals surface area (Å²) in [6.07, 6.45) is 3.87. The molecule has 2 aliphatic rings. The number of fused-ring (bicyclic) bond motifs is 1. The molecule has 4 nitrogen and oxygen atoms in total. The third-order valence-electron chi connectivity index (χ3n) is 5.21. The molecule has 5 heteroatoms. The minimum atomic E-state index is 0. The van der Waals surface area contributed by atoms with Gasteiger partial charge in [-0.3, -0.25) is 9.89 Å². The molecule has 0 spiro atoms. The van der Waals surface area contributed by atoms with Gasteiger partial charge < -0.3 is 10.6 Å². The lowest BCUT2D eigenvalue weighted by Crippen LogP contribution is -2.49. The van der Waals surface area contributed by atoms with Gasteiger partial charge in [-0.05, 0) is 57.1 Å². The highest BCUT2D eigenvalue weighted by molar-refractivity contribution is 14.0. The lowest BCUT2D eigenvalue weighted by Gasteiger charge is -2.40. The number of nitrogens with one attached hydrogen (secondary N) is 2. The summed E-state index contributed by atoms with van der Waals surface area (Å²) in [5.74, 6) is 1.83. The summed E-state index contributed by atoms with van der Waals surface area (Å²) in [7, 11) is 0. The lowest BCUT2D eigenvalue weighted by atomic mass is 9.94. The van der Waals surface area contributed by atoms with Crippen molar-refractivity contribution in [3.05, 3.63) is 35.4 Å². The number of nitrogens with zero attached hydrogens (tertiary/aromatic N) is 2. The van der Waals surface area contributed by atoms with Gasteiger partial charge >= 0.3 is 0 Å². The Bertz CT molecular complexity index is 581. The maximum Gasteiger partial charge on any atom is 0.191 e. The Kier molecular flexibility index (Phi) is 7.55. The largest absolute Gasteiger partial charge is 0.357 e. The lowest BCUT2D eigenvalue weighted by molar-refractivity contribution is 0.111. The van der Waals surface area contributed by atoms with Crippen molar-refractivity contribution in [3.63, 3.8) is 0 Å². The molecule has 0 saturated heterocycles. The summed E-state index contributed by atoms with van der Waals surface area (Å²) in [6, 6.07) is 8.84. The molecule has 0 unspecified atom stereocenters. The monoisotopic (exact) mass is 456 g/mol. The van der Waals surface area contributed by atoms with Gasteiger partial charge in [-0.1, -0.05) is 24.3 Å². The zero-order valence-electron chi connectivity index (χ0n) is 15.8. The second-order valence-electron chi connectivity index (χ2n) is 7.77. The molecular formula is C20H33IN4. The molecule has 0 atom stereocenters. The fraction of sp³-hybridized carbons (Fsp3) is 0.650. The summed E-state index contributed by atoms with van der Waals surface area (Å²) < 4.78 is 0. The van der Waals surface area contributed by atoms with E-state index in [9.17, 15) is 0 Å². The molecule has 1 fully saturated rings. The quantitative estimate of drug-likeness (QED) is 0.392. The highest BCUT2D eigenvalue weighted by Gasteiger charge is 2.29. The Morgan fingerprint density at radius 3 is 2.60 bits per heavy atom. The van der Waals surface area contributed by atoms with Crippen LogP contribution in [0.5, 0.6) is 0 Å². The van der Waals surface area contributed by atoms with Crippen molar-refractivity contribution >= 4 is 29.9 Å². The van der Waals surface area contributed by atoms with Crippen LogP contribution in [0, 0.1) is 5.92 Å². The van der Waals surface area contributed by atoms with E-state index >= 15 is 0 Å². The van der Waals surface area contributed by atoms with Crippen LogP contribution in [-0.4, -0.2) is 42.6 Å². The van der Waals surface area contributed by atoms with E-state index in [0.717, 1.165) is 51.0 Å². The summed E-state index contributed by atoms with van der Waals surface area (Å²) in [5, 5.41) is 6.87. The first kappa shape index (κ1) is 20.5. The van der Waals surface area contributed by atoms with Crippen LogP contribution in [0.15, 0.2) is 29.3 Å². The van der Waals surface area contributed by atoms with E-state index in [1.807, 2.05) is 0 Å². The normalized spacial score (nSPS) is 18.3. The van der Waals surface area contributed by atoms with Crippen LogP contribution >= 0.6 is 24.0 Å². The predicted octanol–water partition coefficient (Wildman–Crippen LogP) is 3.41. The van der Waals surface area contributed by atoms with Gasteiger partial charge in [-0.25, -0.2) is 0 Å². The maximum absolute atomic E-state index is 4.87. The predicted molar refractivity (Wildman–Crippen MR) is 117 cm³/mol. The second kappa shape index (κ2) is 9.21. The van der Waals surface area contributed by atoms with Crippen molar-refractivity contribution in [1.29, 1.82) is 0 Å². The molecule has 3 rings (SSSR count). The van der Waals surface area contributed by atoms with Gasteiger partial charge in [0.15, 0.2) is 5.96 Å². The van der Waals surface area contributed by atoms with Crippen molar-refractivity contribution in [3.8, 4) is 0 Å². The smallest absolute Gasteiger partial charge is 0.191 e. The van der Waals surface area contributed by atoms with Gasteiger partial charge in [-0.2, -0.15) is 0 Å². The number of guanidine groups is 1. The molecule has 0 radical (unpaired) electrons. The molecule has 1 aromatic rings. The molecule has 1 heterocycles. The Hall–Kier alpha value is -0.820. The molecule has 140 valence electrons. The van der Waals surface area contributed by atoms with Crippen molar-refractivity contribution in [1.82, 2.24) is 15.5 Å². The number of benzene rings is 1. The molecule has 1 aliphatic heterocycles. The van der Waals surface area contributed by atoms with E-state index in [1.54, 1.807) is 0 Å². The Balaban J connectivity index is 0.00000225. The van der Waals surface area contributed by atoms with Gasteiger partial charge in [0.1, 0.15) is 0 Å². The molecule has 1 aliphatic carbocycles. The van der Waals surface area contributed by atoms with Crippen LogP contribution in [0.2, 0.25) is 0 Å². The van der Waals surface area contributed by atoms with Gasteiger partial charge in [0.25, 0.3) is 0 Å². The Labute approximate surface area is 169 Å². The average Bonchev–Trinajstić information content (AvgIpc) is 3.41. The van der Waals surface area contributed by atoms with Crippen molar-refractivity contribution in [2.45, 2.75) is 52.1 Å². The van der Waals surface area contributed by atoms with Crippen LogP contribution in [0.3, 0.4) is 0 Å². The molecule has 0 aromatic heterocycles. The van der Waals surface area contributed by atoms with Gasteiger partial charge in [0, 0.05) is 31.7 Å². The minimum Gasteiger partial charge on any atom is -0.357 e. The summed E-state index contributed by atoms with van der Waals surface area (Å²) in [5.41, 5.74) is 3.04. The zero-order valence-corrected chi connectivity index (χ0v) is 18.2. The first-order valence-electron chi connectivity index (χ1n) is 9.42. The third kappa shape index (κ3) is 5.84. The van der Waals surface area contributed by atoms with E-state index in [1.165, 1.54) is 24.0 Å². The molecular weight excluding hydrogens is 423 g/mol. The third-order valence-corrected chi connectivity index (χ3v) is 5.21. The number of aliphatic imine (C=N–C) groups is 1. The highest BCUT2D eigenvalue weighted by atomic mass is 127. The minimum absolute atomic E-state index is 0. The van der Waals surface area contributed by atoms with Crippen LogP contribution < -0.4 is 10.6 Å². The van der Waals surface area contributed by atoms with Crippen LogP contribution in [0.25, 0.3) is 0 Å². The van der Waals surface area contributed by atoms with E-state index in [2.05, 4.69) is 60.6 Å². The van der Waals surface area contributed by atoms with Crippen molar-refractivity contribution in [2.75, 3.05) is 26.2 Å². The van der Waals surface area contributed by atoms with Gasteiger partial charge in [0.05, 0.1) is 6.54 Å². The zero-order chi connectivity index (χ0) is 17.0. The van der Waals surface area contributed by atoms with E-state index in [0.29, 0.717) is 0 Å². The summed E-state index contributed by atoms with van der Waals surface area (Å²) in [4.78, 5) is 7.44. The Morgan fingerprint density at radius 2 is 1.92 bits per heavy atom. The van der Waals surface area contributed by atoms with Crippen LogP contribution in [0.1, 0.15) is 44.7 Å². The van der Waals surface area contributed by atoms with Gasteiger partial charge in [0.2, 0.25) is 0 Å².